The maximum absolute atomic E-state index is 8.77. The standard InChI is InChI=1S/C18H19N.C2H6O/c1-18(2,3)17-10-8-15(9-11-17)12-14-4-6-16(13-19)7-5-14;1-2-3/h4-11H,12H2,1-3H3;3H,2H2,1H3. The first-order valence-corrected chi connectivity index (χ1v) is 7.60. The van der Waals surface area contributed by atoms with Crippen LogP contribution in [0.4, 0.5) is 0 Å². The van der Waals surface area contributed by atoms with E-state index in [4.69, 9.17) is 10.4 Å². The number of nitriles is 1. The van der Waals surface area contributed by atoms with Crippen LogP contribution in [0, 0.1) is 11.3 Å². The van der Waals surface area contributed by atoms with Crippen LogP contribution in [0.1, 0.15) is 49.9 Å². The van der Waals surface area contributed by atoms with Crippen molar-refractivity contribution in [2.45, 2.75) is 39.5 Å². The third-order valence-electron chi connectivity index (χ3n) is 3.31. The maximum Gasteiger partial charge on any atom is 0.0991 e. The number of hydrogen-bond donors (Lipinski definition) is 1. The smallest absolute Gasteiger partial charge is 0.0991 e. The Labute approximate surface area is 134 Å². The van der Waals surface area contributed by atoms with Gasteiger partial charge >= 0.3 is 0 Å². The Bertz CT molecular complexity index is 598. The summed E-state index contributed by atoms with van der Waals surface area (Å²) in [5.41, 5.74) is 4.82. The van der Waals surface area contributed by atoms with Crippen molar-refractivity contribution in [3.05, 3.63) is 70.8 Å². The highest BCUT2D eigenvalue weighted by Gasteiger charge is 2.12. The minimum atomic E-state index is 0.201. The van der Waals surface area contributed by atoms with Gasteiger partial charge in [0.1, 0.15) is 0 Å². The van der Waals surface area contributed by atoms with E-state index < -0.39 is 0 Å². The molecule has 0 radical (unpaired) electrons. The van der Waals surface area contributed by atoms with Crippen molar-refractivity contribution in [1.82, 2.24) is 0 Å². The van der Waals surface area contributed by atoms with E-state index in [9.17, 15) is 0 Å². The number of hydrogen-bond acceptors (Lipinski definition) is 2. The van der Waals surface area contributed by atoms with Crippen LogP contribution in [0.3, 0.4) is 0 Å². The van der Waals surface area contributed by atoms with Gasteiger partial charge in [-0.3, -0.25) is 0 Å². The van der Waals surface area contributed by atoms with Gasteiger partial charge in [0.25, 0.3) is 0 Å². The fraction of sp³-hybridized carbons (Fsp3) is 0.350. The largest absolute Gasteiger partial charge is 0.397 e. The zero-order valence-corrected chi connectivity index (χ0v) is 13.9. The average molecular weight is 295 g/mol. The highest BCUT2D eigenvalue weighted by molar-refractivity contribution is 5.35. The van der Waals surface area contributed by atoms with Gasteiger partial charge in [0.2, 0.25) is 0 Å². The molecule has 116 valence electrons. The summed E-state index contributed by atoms with van der Waals surface area (Å²) in [5, 5.41) is 16.3. The second kappa shape index (κ2) is 8.36. The molecule has 0 atom stereocenters. The first-order valence-electron chi connectivity index (χ1n) is 7.60. The maximum atomic E-state index is 8.77. The van der Waals surface area contributed by atoms with Crippen LogP contribution in [-0.4, -0.2) is 11.7 Å². The third kappa shape index (κ3) is 5.71. The highest BCUT2D eigenvalue weighted by atomic mass is 16.2. The molecule has 2 nitrogen and oxygen atoms in total. The summed E-state index contributed by atoms with van der Waals surface area (Å²) in [6, 6.07) is 18.7. The van der Waals surface area contributed by atoms with Gasteiger partial charge in [-0.25, -0.2) is 0 Å². The monoisotopic (exact) mass is 295 g/mol. The molecule has 0 bridgehead atoms. The van der Waals surface area contributed by atoms with Crippen LogP contribution in [0.2, 0.25) is 0 Å². The van der Waals surface area contributed by atoms with Crippen LogP contribution in [0.25, 0.3) is 0 Å². The fourth-order valence-corrected chi connectivity index (χ4v) is 2.06. The van der Waals surface area contributed by atoms with Crippen LogP contribution in [-0.2, 0) is 11.8 Å². The molecule has 0 saturated heterocycles. The Morgan fingerprint density at radius 3 is 1.68 bits per heavy atom. The zero-order valence-electron chi connectivity index (χ0n) is 13.9. The summed E-state index contributed by atoms with van der Waals surface area (Å²) < 4.78 is 0. The Balaban J connectivity index is 0.000000745. The van der Waals surface area contributed by atoms with Gasteiger partial charge in [-0.15, -0.1) is 0 Å². The molecule has 0 fully saturated rings. The van der Waals surface area contributed by atoms with Crippen molar-refractivity contribution in [1.29, 1.82) is 5.26 Å². The van der Waals surface area contributed by atoms with E-state index in [1.807, 2.05) is 24.3 Å². The van der Waals surface area contributed by atoms with E-state index in [-0.39, 0.29) is 12.0 Å². The van der Waals surface area contributed by atoms with Crippen LogP contribution in [0.5, 0.6) is 0 Å². The predicted octanol–water partition coefficient (Wildman–Crippen LogP) is 4.45. The van der Waals surface area contributed by atoms with Crippen molar-refractivity contribution in [2.75, 3.05) is 6.61 Å². The number of nitrogens with zero attached hydrogens (tertiary/aromatic N) is 1. The van der Waals surface area contributed by atoms with Gasteiger partial charge in [-0.2, -0.15) is 5.26 Å². The third-order valence-corrected chi connectivity index (χ3v) is 3.31. The Kier molecular flexibility index (Phi) is 6.82. The number of rotatable bonds is 2. The normalized spacial score (nSPS) is 10.4. The molecule has 2 rings (SSSR count). The zero-order chi connectivity index (χ0) is 16.6. The second-order valence-electron chi connectivity index (χ2n) is 6.25. The molecule has 22 heavy (non-hydrogen) atoms. The van der Waals surface area contributed by atoms with Crippen molar-refractivity contribution < 1.29 is 5.11 Å². The summed E-state index contributed by atoms with van der Waals surface area (Å²) in [7, 11) is 0. The first kappa shape index (κ1) is 17.9. The van der Waals surface area contributed by atoms with Gasteiger partial charge in [0, 0.05) is 6.61 Å². The van der Waals surface area contributed by atoms with Gasteiger partial charge in [-0.1, -0.05) is 57.2 Å². The lowest BCUT2D eigenvalue weighted by molar-refractivity contribution is 0.318. The lowest BCUT2D eigenvalue weighted by Gasteiger charge is -2.19. The van der Waals surface area contributed by atoms with Crippen LogP contribution < -0.4 is 0 Å². The predicted molar refractivity (Wildman–Crippen MR) is 91.9 cm³/mol. The molecule has 0 aliphatic carbocycles. The van der Waals surface area contributed by atoms with Crippen LogP contribution >= 0.6 is 0 Å². The van der Waals surface area contributed by atoms with Crippen LogP contribution in [0.15, 0.2) is 48.5 Å². The summed E-state index contributed by atoms with van der Waals surface area (Å²) >= 11 is 0. The molecule has 0 aliphatic heterocycles. The molecule has 0 amide bonds. The first-order chi connectivity index (χ1) is 10.4. The van der Waals surface area contributed by atoms with Crippen molar-refractivity contribution in [3.8, 4) is 6.07 Å². The Hall–Kier alpha value is -2.11. The number of aliphatic hydroxyl groups is 1. The van der Waals surface area contributed by atoms with E-state index in [0.717, 1.165) is 6.42 Å². The molecule has 0 aliphatic rings. The molecule has 0 unspecified atom stereocenters. The SMILES string of the molecule is CC(C)(C)c1ccc(Cc2ccc(C#N)cc2)cc1.CCO. The summed E-state index contributed by atoms with van der Waals surface area (Å²) in [5.74, 6) is 0. The summed E-state index contributed by atoms with van der Waals surface area (Å²) in [6.45, 7) is 8.61. The van der Waals surface area contributed by atoms with Crippen molar-refractivity contribution >= 4 is 0 Å². The molecule has 2 heteroatoms. The minimum absolute atomic E-state index is 0.201. The van der Waals surface area contributed by atoms with E-state index in [2.05, 4.69) is 51.1 Å². The number of aliphatic hydroxyl groups excluding tert-OH is 1. The quantitative estimate of drug-likeness (QED) is 0.889. The summed E-state index contributed by atoms with van der Waals surface area (Å²) in [6.07, 6.45) is 0.913. The molecule has 1 N–H and O–H groups in total. The van der Waals surface area contributed by atoms with Crippen molar-refractivity contribution in [2.24, 2.45) is 0 Å². The number of benzene rings is 2. The van der Waals surface area contributed by atoms with Crippen molar-refractivity contribution in [3.63, 3.8) is 0 Å². The van der Waals surface area contributed by atoms with Gasteiger partial charge in [0.15, 0.2) is 0 Å². The average Bonchev–Trinajstić information content (AvgIpc) is 2.48. The molecule has 0 heterocycles. The molecular formula is C20H25NO. The molecule has 0 aromatic heterocycles. The lowest BCUT2D eigenvalue weighted by Crippen LogP contribution is -2.10. The van der Waals surface area contributed by atoms with Gasteiger partial charge in [-0.05, 0) is 47.6 Å². The topological polar surface area (TPSA) is 44.0 Å². The van der Waals surface area contributed by atoms with Gasteiger partial charge in [0.05, 0.1) is 11.6 Å². The second-order valence-corrected chi connectivity index (χ2v) is 6.25. The minimum Gasteiger partial charge on any atom is -0.397 e. The Morgan fingerprint density at radius 1 is 0.909 bits per heavy atom. The van der Waals surface area contributed by atoms with E-state index in [0.29, 0.717) is 5.56 Å². The highest BCUT2D eigenvalue weighted by Crippen LogP contribution is 2.22. The lowest BCUT2D eigenvalue weighted by atomic mass is 9.86. The molecular weight excluding hydrogens is 270 g/mol. The van der Waals surface area contributed by atoms with E-state index in [1.54, 1.807) is 6.92 Å². The van der Waals surface area contributed by atoms with Gasteiger partial charge < -0.3 is 5.11 Å². The van der Waals surface area contributed by atoms with E-state index in [1.165, 1.54) is 16.7 Å². The molecule has 0 saturated carbocycles. The molecule has 0 spiro atoms. The Morgan fingerprint density at radius 2 is 1.32 bits per heavy atom. The van der Waals surface area contributed by atoms with E-state index >= 15 is 0 Å². The molecule has 2 aromatic rings. The summed E-state index contributed by atoms with van der Waals surface area (Å²) in [4.78, 5) is 0. The fourth-order valence-electron chi connectivity index (χ4n) is 2.06. The molecule has 2 aromatic carbocycles.